The van der Waals surface area contributed by atoms with Crippen LogP contribution in [0.5, 0.6) is 0 Å². The molecule has 1 aliphatic rings. The number of allylic oxidation sites excluding steroid dienone is 1. The molecule has 1 rings (SSSR count). The molecule has 3 nitrogen and oxygen atoms in total. The van der Waals surface area contributed by atoms with E-state index in [2.05, 4.69) is 6.08 Å². The molecule has 0 unspecified atom stereocenters. The van der Waals surface area contributed by atoms with Crippen LogP contribution in [0.1, 0.15) is 52.9 Å². The highest BCUT2D eigenvalue weighted by Crippen LogP contribution is 2.28. The van der Waals surface area contributed by atoms with Crippen LogP contribution in [0.15, 0.2) is 11.6 Å². The fourth-order valence-corrected chi connectivity index (χ4v) is 2.22. The van der Waals surface area contributed by atoms with Crippen LogP contribution in [-0.4, -0.2) is 25.3 Å². The quantitative estimate of drug-likeness (QED) is 0.556. The van der Waals surface area contributed by atoms with Gasteiger partial charge in [-0.15, -0.1) is 0 Å². The van der Waals surface area contributed by atoms with Crippen molar-refractivity contribution in [1.29, 1.82) is 0 Å². The first kappa shape index (κ1) is 15.2. The number of rotatable bonds is 5. The van der Waals surface area contributed by atoms with Crippen LogP contribution in [0.4, 0.5) is 0 Å². The summed E-state index contributed by atoms with van der Waals surface area (Å²) >= 11 is 0. The zero-order chi connectivity index (χ0) is 13.6. The predicted molar refractivity (Wildman–Crippen MR) is 72.4 cm³/mol. The SMILES string of the molecule is COCCC(=CC1CCCC1)C(=O)OC(C)(C)C. The molecule has 0 aromatic rings. The summed E-state index contributed by atoms with van der Waals surface area (Å²) in [5.41, 5.74) is 0.345. The lowest BCUT2D eigenvalue weighted by Crippen LogP contribution is -2.25. The molecule has 0 spiro atoms. The van der Waals surface area contributed by atoms with Crippen molar-refractivity contribution in [3.8, 4) is 0 Å². The Labute approximate surface area is 111 Å². The Kier molecular flexibility index (Phi) is 5.86. The van der Waals surface area contributed by atoms with Gasteiger partial charge >= 0.3 is 5.97 Å². The smallest absolute Gasteiger partial charge is 0.334 e. The molecule has 0 aromatic carbocycles. The van der Waals surface area contributed by atoms with E-state index < -0.39 is 5.60 Å². The molecule has 1 aliphatic carbocycles. The highest BCUT2D eigenvalue weighted by atomic mass is 16.6. The van der Waals surface area contributed by atoms with Gasteiger partial charge in [-0.2, -0.15) is 0 Å². The Balaban J connectivity index is 2.67. The highest BCUT2D eigenvalue weighted by Gasteiger charge is 2.22. The van der Waals surface area contributed by atoms with Crippen molar-refractivity contribution in [2.24, 2.45) is 5.92 Å². The monoisotopic (exact) mass is 254 g/mol. The summed E-state index contributed by atoms with van der Waals surface area (Å²) in [5, 5.41) is 0. The Hall–Kier alpha value is -0.830. The van der Waals surface area contributed by atoms with Gasteiger partial charge in [-0.05, 0) is 39.5 Å². The number of ether oxygens (including phenoxy) is 2. The van der Waals surface area contributed by atoms with Gasteiger partial charge in [0, 0.05) is 19.1 Å². The van der Waals surface area contributed by atoms with E-state index >= 15 is 0 Å². The van der Waals surface area contributed by atoms with Crippen LogP contribution in [0, 0.1) is 5.92 Å². The van der Waals surface area contributed by atoms with E-state index in [1.54, 1.807) is 7.11 Å². The second kappa shape index (κ2) is 6.93. The molecule has 1 saturated carbocycles. The Morgan fingerprint density at radius 1 is 1.28 bits per heavy atom. The molecule has 0 N–H and O–H groups in total. The number of esters is 1. The first-order valence-corrected chi connectivity index (χ1v) is 6.85. The van der Waals surface area contributed by atoms with Crippen molar-refractivity contribution < 1.29 is 14.3 Å². The molecular formula is C15H26O3. The Morgan fingerprint density at radius 2 is 1.89 bits per heavy atom. The van der Waals surface area contributed by atoms with Crippen LogP contribution < -0.4 is 0 Å². The first-order valence-electron chi connectivity index (χ1n) is 6.85. The zero-order valence-electron chi connectivity index (χ0n) is 12.1. The minimum absolute atomic E-state index is 0.188. The van der Waals surface area contributed by atoms with Crippen LogP contribution >= 0.6 is 0 Å². The maximum absolute atomic E-state index is 12.1. The van der Waals surface area contributed by atoms with Crippen molar-refractivity contribution in [2.75, 3.05) is 13.7 Å². The van der Waals surface area contributed by atoms with Gasteiger partial charge in [-0.1, -0.05) is 18.9 Å². The van der Waals surface area contributed by atoms with E-state index in [-0.39, 0.29) is 5.97 Å². The number of carbonyl (C=O) groups excluding carboxylic acids is 1. The van der Waals surface area contributed by atoms with Gasteiger partial charge in [-0.25, -0.2) is 4.79 Å². The van der Waals surface area contributed by atoms with E-state index in [0.717, 1.165) is 5.57 Å². The molecule has 0 aliphatic heterocycles. The fraction of sp³-hybridized carbons (Fsp3) is 0.800. The minimum atomic E-state index is -0.432. The van der Waals surface area contributed by atoms with Crippen molar-refractivity contribution >= 4 is 5.97 Å². The fourth-order valence-electron chi connectivity index (χ4n) is 2.22. The van der Waals surface area contributed by atoms with Crippen LogP contribution in [0.3, 0.4) is 0 Å². The summed E-state index contributed by atoms with van der Waals surface area (Å²) < 4.78 is 10.5. The summed E-state index contributed by atoms with van der Waals surface area (Å²) in [6.45, 7) is 6.26. The number of hydrogen-bond donors (Lipinski definition) is 0. The summed E-state index contributed by atoms with van der Waals surface area (Å²) in [7, 11) is 1.66. The van der Waals surface area contributed by atoms with Crippen LogP contribution in [0.2, 0.25) is 0 Å². The van der Waals surface area contributed by atoms with Gasteiger partial charge in [0.05, 0.1) is 6.61 Å². The lowest BCUT2D eigenvalue weighted by molar-refractivity contribution is -0.150. The highest BCUT2D eigenvalue weighted by molar-refractivity contribution is 5.88. The van der Waals surface area contributed by atoms with Crippen LogP contribution in [0.25, 0.3) is 0 Å². The second-order valence-corrected chi connectivity index (χ2v) is 5.98. The number of carbonyl (C=O) groups is 1. The van der Waals surface area contributed by atoms with E-state index in [4.69, 9.17) is 9.47 Å². The maximum atomic E-state index is 12.1. The molecule has 104 valence electrons. The third kappa shape index (κ3) is 5.67. The lowest BCUT2D eigenvalue weighted by Gasteiger charge is -2.21. The van der Waals surface area contributed by atoms with Gasteiger partial charge in [0.2, 0.25) is 0 Å². The first-order chi connectivity index (χ1) is 8.42. The van der Waals surface area contributed by atoms with E-state index in [1.165, 1.54) is 25.7 Å². The Bertz CT molecular complexity index is 293. The summed E-state index contributed by atoms with van der Waals surface area (Å²) in [4.78, 5) is 12.1. The minimum Gasteiger partial charge on any atom is -0.457 e. The topological polar surface area (TPSA) is 35.5 Å². The molecule has 0 saturated heterocycles. The average molecular weight is 254 g/mol. The number of hydrogen-bond acceptors (Lipinski definition) is 3. The van der Waals surface area contributed by atoms with Crippen molar-refractivity contribution in [3.63, 3.8) is 0 Å². The largest absolute Gasteiger partial charge is 0.457 e. The average Bonchev–Trinajstić information content (AvgIpc) is 2.74. The molecule has 0 heterocycles. The van der Waals surface area contributed by atoms with Crippen molar-refractivity contribution in [2.45, 2.75) is 58.5 Å². The molecule has 0 bridgehead atoms. The summed E-state index contributed by atoms with van der Waals surface area (Å²) in [6.07, 6.45) is 7.68. The molecule has 0 atom stereocenters. The summed E-state index contributed by atoms with van der Waals surface area (Å²) in [5.74, 6) is 0.357. The maximum Gasteiger partial charge on any atom is 0.334 e. The molecule has 0 radical (unpaired) electrons. The summed E-state index contributed by atoms with van der Waals surface area (Å²) in [6, 6.07) is 0. The van der Waals surface area contributed by atoms with Crippen molar-refractivity contribution in [1.82, 2.24) is 0 Å². The molecule has 0 amide bonds. The normalized spacial score (nSPS) is 18.1. The Morgan fingerprint density at radius 3 is 2.39 bits per heavy atom. The molecule has 1 fully saturated rings. The van der Waals surface area contributed by atoms with Crippen molar-refractivity contribution in [3.05, 3.63) is 11.6 Å². The van der Waals surface area contributed by atoms with Crippen LogP contribution in [-0.2, 0) is 14.3 Å². The molecule has 0 aromatic heterocycles. The van der Waals surface area contributed by atoms with Gasteiger partial charge in [0.1, 0.15) is 5.60 Å². The number of methoxy groups -OCH3 is 1. The third-order valence-corrected chi connectivity index (χ3v) is 3.07. The van der Waals surface area contributed by atoms with Gasteiger partial charge in [0.15, 0.2) is 0 Å². The van der Waals surface area contributed by atoms with E-state index in [1.807, 2.05) is 20.8 Å². The lowest BCUT2D eigenvalue weighted by atomic mass is 10.0. The third-order valence-electron chi connectivity index (χ3n) is 3.07. The van der Waals surface area contributed by atoms with Gasteiger partial charge in [0.25, 0.3) is 0 Å². The molecular weight excluding hydrogens is 228 g/mol. The van der Waals surface area contributed by atoms with Gasteiger partial charge in [-0.3, -0.25) is 0 Å². The van der Waals surface area contributed by atoms with E-state index in [0.29, 0.717) is 18.9 Å². The zero-order valence-corrected chi connectivity index (χ0v) is 12.1. The predicted octanol–water partition coefficient (Wildman–Crippen LogP) is 3.48. The standard InChI is InChI=1S/C15H26O3/c1-15(2,3)18-14(16)13(9-10-17-4)11-12-7-5-6-8-12/h11-12H,5-10H2,1-4H3. The molecule has 18 heavy (non-hydrogen) atoms. The molecule has 3 heteroatoms. The van der Waals surface area contributed by atoms with Gasteiger partial charge < -0.3 is 9.47 Å². The second-order valence-electron chi connectivity index (χ2n) is 5.98. The van der Waals surface area contributed by atoms with E-state index in [9.17, 15) is 4.79 Å².